The van der Waals surface area contributed by atoms with E-state index in [0.717, 1.165) is 23.3 Å². The van der Waals surface area contributed by atoms with Gasteiger partial charge >= 0.3 is 0 Å². The predicted molar refractivity (Wildman–Crippen MR) is 138 cm³/mol. The minimum Gasteiger partial charge on any atom is -0.356 e. The summed E-state index contributed by atoms with van der Waals surface area (Å²) in [5, 5.41) is 6.49. The molecule has 2 N–H and O–H groups in total. The van der Waals surface area contributed by atoms with E-state index in [4.69, 9.17) is 0 Å². The number of guanidine groups is 1. The van der Waals surface area contributed by atoms with Crippen LogP contribution in [0.3, 0.4) is 0 Å². The molecule has 0 bridgehead atoms. The zero-order valence-corrected chi connectivity index (χ0v) is 21.3. The highest BCUT2D eigenvalue weighted by Crippen LogP contribution is 2.22. The van der Waals surface area contributed by atoms with Crippen LogP contribution >= 0.6 is 35.7 Å². The van der Waals surface area contributed by atoms with Gasteiger partial charge in [0.2, 0.25) is 0 Å². The van der Waals surface area contributed by atoms with E-state index < -0.39 is 0 Å². The van der Waals surface area contributed by atoms with Gasteiger partial charge in [-0.05, 0) is 54.5 Å². The van der Waals surface area contributed by atoms with Crippen LogP contribution in [0.1, 0.15) is 44.7 Å². The van der Waals surface area contributed by atoms with Gasteiger partial charge in [-0.3, -0.25) is 19.5 Å². The van der Waals surface area contributed by atoms with Crippen molar-refractivity contribution in [1.82, 2.24) is 15.5 Å². The third kappa shape index (κ3) is 6.44. The van der Waals surface area contributed by atoms with Gasteiger partial charge in [0.1, 0.15) is 5.82 Å². The van der Waals surface area contributed by atoms with Gasteiger partial charge in [-0.1, -0.05) is 18.2 Å². The molecule has 32 heavy (non-hydrogen) atoms. The quantitative estimate of drug-likeness (QED) is 0.157. The standard InChI is InChI=1S/C23H27FN4O2S.HI/c1-25-23(27-14-16-9-10-18(24)13-17(16)15-31-2)26-11-5-6-12-28-21(29)19-7-3-4-8-20(19)22(28)30;/h3-4,7-10,13H,5-6,11-12,14-15H2,1-2H3,(H2,25,26,27);1H. The molecule has 6 nitrogen and oxygen atoms in total. The Labute approximate surface area is 209 Å². The first kappa shape index (κ1) is 26.1. The lowest BCUT2D eigenvalue weighted by Crippen LogP contribution is -2.38. The molecule has 0 spiro atoms. The molecule has 3 rings (SSSR count). The molecule has 0 saturated heterocycles. The Kier molecular flexibility index (Phi) is 10.4. The van der Waals surface area contributed by atoms with E-state index in [1.54, 1.807) is 55.2 Å². The first-order chi connectivity index (χ1) is 15.0. The molecule has 1 aliphatic rings. The minimum atomic E-state index is -0.228. The van der Waals surface area contributed by atoms with E-state index in [1.165, 1.54) is 11.0 Å². The summed E-state index contributed by atoms with van der Waals surface area (Å²) in [6.07, 6.45) is 3.47. The fourth-order valence-electron chi connectivity index (χ4n) is 3.50. The summed E-state index contributed by atoms with van der Waals surface area (Å²) in [4.78, 5) is 30.3. The summed E-state index contributed by atoms with van der Waals surface area (Å²) in [5.41, 5.74) is 2.97. The molecule has 0 atom stereocenters. The van der Waals surface area contributed by atoms with Crippen LogP contribution < -0.4 is 10.6 Å². The predicted octanol–water partition coefficient (Wildman–Crippen LogP) is 4.05. The number of carbonyl (C=O) groups is 2. The Bertz CT molecular complexity index is 951. The molecule has 0 radical (unpaired) electrons. The fourth-order valence-corrected chi connectivity index (χ4v) is 4.08. The molecule has 1 heterocycles. The maximum atomic E-state index is 13.5. The zero-order chi connectivity index (χ0) is 22.2. The number of amides is 2. The molecule has 1 aliphatic heterocycles. The highest BCUT2D eigenvalue weighted by molar-refractivity contribution is 14.0. The van der Waals surface area contributed by atoms with Crippen LogP contribution in [0.2, 0.25) is 0 Å². The average Bonchev–Trinajstić information content (AvgIpc) is 3.02. The second-order valence-electron chi connectivity index (χ2n) is 7.21. The van der Waals surface area contributed by atoms with Crippen molar-refractivity contribution in [2.45, 2.75) is 25.1 Å². The van der Waals surface area contributed by atoms with E-state index >= 15 is 0 Å². The zero-order valence-electron chi connectivity index (χ0n) is 18.2. The Balaban J connectivity index is 0.00000363. The maximum absolute atomic E-state index is 13.5. The van der Waals surface area contributed by atoms with Crippen LogP contribution in [0.15, 0.2) is 47.5 Å². The molecular weight excluding hydrogens is 542 g/mol. The molecule has 0 saturated carbocycles. The van der Waals surface area contributed by atoms with Crippen LogP contribution in [-0.4, -0.2) is 49.1 Å². The van der Waals surface area contributed by atoms with Crippen LogP contribution in [0.5, 0.6) is 0 Å². The van der Waals surface area contributed by atoms with Crippen LogP contribution in [0, 0.1) is 5.82 Å². The van der Waals surface area contributed by atoms with Gasteiger partial charge in [0, 0.05) is 32.4 Å². The molecule has 2 aromatic carbocycles. The lowest BCUT2D eigenvalue weighted by atomic mass is 10.1. The van der Waals surface area contributed by atoms with Crippen molar-refractivity contribution in [3.8, 4) is 0 Å². The van der Waals surface area contributed by atoms with Gasteiger partial charge in [-0.2, -0.15) is 11.8 Å². The van der Waals surface area contributed by atoms with Gasteiger partial charge in [0.05, 0.1) is 11.1 Å². The largest absolute Gasteiger partial charge is 0.356 e. The number of halogens is 2. The smallest absolute Gasteiger partial charge is 0.261 e. The van der Waals surface area contributed by atoms with Crippen LogP contribution in [-0.2, 0) is 12.3 Å². The molecule has 0 unspecified atom stereocenters. The number of nitrogens with zero attached hydrogens (tertiary/aromatic N) is 2. The number of benzene rings is 2. The van der Waals surface area contributed by atoms with Crippen LogP contribution in [0.25, 0.3) is 0 Å². The number of nitrogens with one attached hydrogen (secondary N) is 2. The number of carbonyl (C=O) groups excluding carboxylic acids is 2. The molecule has 172 valence electrons. The van der Waals surface area contributed by atoms with Gasteiger partial charge in [0.15, 0.2) is 5.96 Å². The van der Waals surface area contributed by atoms with E-state index in [2.05, 4.69) is 15.6 Å². The SMILES string of the molecule is CN=C(NCCCCN1C(=O)c2ccccc2C1=O)NCc1ccc(F)cc1CSC.I. The normalized spacial score (nSPS) is 13.1. The van der Waals surface area contributed by atoms with Crippen molar-refractivity contribution in [3.63, 3.8) is 0 Å². The second-order valence-corrected chi connectivity index (χ2v) is 8.08. The second kappa shape index (κ2) is 12.8. The third-order valence-corrected chi connectivity index (χ3v) is 5.72. The molecule has 2 amide bonds. The Morgan fingerprint density at radius 1 is 1.03 bits per heavy atom. The minimum absolute atomic E-state index is 0. The van der Waals surface area contributed by atoms with E-state index in [1.807, 2.05) is 6.26 Å². The van der Waals surface area contributed by atoms with E-state index in [-0.39, 0.29) is 41.6 Å². The summed E-state index contributed by atoms with van der Waals surface area (Å²) in [6, 6.07) is 11.8. The molecule has 9 heteroatoms. The molecule has 0 aromatic heterocycles. The average molecular weight is 570 g/mol. The number of hydrogen-bond acceptors (Lipinski definition) is 4. The molecule has 0 fully saturated rings. The molecular formula is C23H28FIN4O2S. The van der Waals surface area contributed by atoms with Gasteiger partial charge in [-0.25, -0.2) is 4.39 Å². The number of hydrogen-bond donors (Lipinski definition) is 2. The van der Waals surface area contributed by atoms with Crippen molar-refractivity contribution < 1.29 is 14.0 Å². The summed E-state index contributed by atoms with van der Waals surface area (Å²) in [7, 11) is 1.70. The Morgan fingerprint density at radius 2 is 1.72 bits per heavy atom. The highest BCUT2D eigenvalue weighted by atomic mass is 127. The molecule has 2 aromatic rings. The number of imide groups is 1. The topological polar surface area (TPSA) is 73.8 Å². The fraction of sp³-hybridized carbons (Fsp3) is 0.348. The van der Waals surface area contributed by atoms with Crippen molar-refractivity contribution in [3.05, 3.63) is 70.5 Å². The van der Waals surface area contributed by atoms with Crippen molar-refractivity contribution in [2.75, 3.05) is 26.4 Å². The summed E-state index contributed by atoms with van der Waals surface area (Å²) >= 11 is 1.65. The Morgan fingerprint density at radius 3 is 2.34 bits per heavy atom. The van der Waals surface area contributed by atoms with Crippen molar-refractivity contribution in [2.24, 2.45) is 4.99 Å². The van der Waals surface area contributed by atoms with Crippen LogP contribution in [0.4, 0.5) is 4.39 Å². The third-order valence-electron chi connectivity index (χ3n) is 5.12. The van der Waals surface area contributed by atoms with E-state index in [9.17, 15) is 14.0 Å². The lowest BCUT2D eigenvalue weighted by Gasteiger charge is -2.15. The van der Waals surface area contributed by atoms with Crippen molar-refractivity contribution >= 4 is 53.5 Å². The summed E-state index contributed by atoms with van der Waals surface area (Å²) in [6.45, 7) is 1.60. The summed E-state index contributed by atoms with van der Waals surface area (Å²) < 4.78 is 13.5. The van der Waals surface area contributed by atoms with Gasteiger partial charge < -0.3 is 10.6 Å². The number of rotatable bonds is 9. The van der Waals surface area contributed by atoms with Gasteiger partial charge in [0.25, 0.3) is 11.8 Å². The maximum Gasteiger partial charge on any atom is 0.261 e. The highest BCUT2D eigenvalue weighted by Gasteiger charge is 2.34. The molecule has 0 aliphatic carbocycles. The number of thioether (sulfide) groups is 1. The lowest BCUT2D eigenvalue weighted by molar-refractivity contribution is 0.0652. The summed E-state index contributed by atoms with van der Waals surface area (Å²) in [5.74, 6) is 0.741. The van der Waals surface area contributed by atoms with E-state index in [0.29, 0.717) is 43.1 Å². The number of unbranched alkanes of at least 4 members (excludes halogenated alkanes) is 1. The monoisotopic (exact) mass is 570 g/mol. The van der Waals surface area contributed by atoms with Crippen molar-refractivity contribution in [1.29, 1.82) is 0 Å². The first-order valence-electron chi connectivity index (χ1n) is 10.2. The first-order valence-corrected chi connectivity index (χ1v) is 11.6. The number of aliphatic imine (C=N–C) groups is 1. The number of fused-ring (bicyclic) bond motifs is 1. The van der Waals surface area contributed by atoms with Gasteiger partial charge in [-0.15, -0.1) is 24.0 Å². The Hall–Kier alpha value is -2.14.